The van der Waals surface area contributed by atoms with E-state index >= 15 is 0 Å². The molecule has 5 heteroatoms. The summed E-state index contributed by atoms with van der Waals surface area (Å²) in [5.74, 6) is -0.348. The predicted molar refractivity (Wildman–Crippen MR) is 56.1 cm³/mol. The van der Waals surface area contributed by atoms with Gasteiger partial charge >= 0.3 is 0 Å². The minimum absolute atomic E-state index is 0.0696. The molecule has 1 rings (SSSR count). The molecule has 1 aliphatic rings. The predicted octanol–water partition coefficient (Wildman–Crippen LogP) is 1.55. The molecule has 2 unspecified atom stereocenters. The average molecular weight is 235 g/mol. The first kappa shape index (κ1) is 13.4. The normalized spacial score (nSPS) is 25.8. The van der Waals surface area contributed by atoms with E-state index in [1.807, 2.05) is 13.8 Å². The zero-order chi connectivity index (χ0) is 12.3. The molecule has 1 aliphatic carbocycles. The molecule has 0 aromatic rings. The fraction of sp³-hybridized carbons (Fsp3) is 0.909. The topological polar surface area (TPSA) is 49.3 Å². The van der Waals surface area contributed by atoms with Crippen molar-refractivity contribution in [2.24, 2.45) is 11.3 Å². The minimum atomic E-state index is -2.81. The number of hydrogen-bond donors (Lipinski definition) is 2. The molecule has 0 saturated heterocycles. The molecule has 94 valence electrons. The largest absolute Gasteiger partial charge is 0.385 e. The van der Waals surface area contributed by atoms with Crippen LogP contribution in [0.3, 0.4) is 0 Å². The summed E-state index contributed by atoms with van der Waals surface area (Å²) >= 11 is 0. The average Bonchev–Trinajstić information content (AvgIpc) is 2.53. The number of hydrogen-bond acceptors (Lipinski definition) is 2. The van der Waals surface area contributed by atoms with Gasteiger partial charge in [-0.25, -0.2) is 8.78 Å². The van der Waals surface area contributed by atoms with Gasteiger partial charge in [-0.1, -0.05) is 20.3 Å². The number of alkyl halides is 2. The van der Waals surface area contributed by atoms with Gasteiger partial charge < -0.3 is 10.4 Å². The van der Waals surface area contributed by atoms with Gasteiger partial charge in [0.2, 0.25) is 5.91 Å². The molecule has 0 radical (unpaired) electrons. The van der Waals surface area contributed by atoms with Crippen LogP contribution in [-0.2, 0) is 4.79 Å². The van der Waals surface area contributed by atoms with Crippen molar-refractivity contribution in [3.63, 3.8) is 0 Å². The fourth-order valence-corrected chi connectivity index (χ4v) is 2.23. The summed E-state index contributed by atoms with van der Waals surface area (Å²) < 4.78 is 24.0. The Morgan fingerprint density at radius 1 is 1.56 bits per heavy atom. The lowest BCUT2D eigenvalue weighted by Gasteiger charge is -2.26. The standard InChI is InChI=1S/C11H19F2NO2/c1-11(2)5-3-4-7(11)10(16)14-6-8(15)9(12)13/h7-9,15H,3-6H2,1-2H3,(H,14,16). The van der Waals surface area contributed by atoms with Crippen molar-refractivity contribution in [1.29, 1.82) is 0 Å². The number of halogens is 2. The summed E-state index contributed by atoms with van der Waals surface area (Å²) in [7, 11) is 0. The Bertz CT molecular complexity index is 256. The first-order valence-corrected chi connectivity index (χ1v) is 5.58. The number of aliphatic hydroxyl groups excluding tert-OH is 1. The lowest BCUT2D eigenvalue weighted by atomic mass is 9.81. The smallest absolute Gasteiger partial charge is 0.265 e. The molecule has 1 fully saturated rings. The summed E-state index contributed by atoms with van der Waals surface area (Å²) in [5.41, 5.74) is -0.0696. The van der Waals surface area contributed by atoms with Gasteiger partial charge in [0.15, 0.2) is 0 Å². The Hall–Kier alpha value is -0.710. The molecule has 2 atom stereocenters. The highest BCUT2D eigenvalue weighted by Crippen LogP contribution is 2.42. The van der Waals surface area contributed by atoms with Gasteiger partial charge in [0.05, 0.1) is 0 Å². The SMILES string of the molecule is CC1(C)CCCC1C(=O)NCC(O)C(F)F. The lowest BCUT2D eigenvalue weighted by molar-refractivity contribution is -0.128. The quantitative estimate of drug-likeness (QED) is 0.776. The van der Waals surface area contributed by atoms with Crippen molar-refractivity contribution in [3.05, 3.63) is 0 Å². The van der Waals surface area contributed by atoms with Crippen LogP contribution in [0.15, 0.2) is 0 Å². The highest BCUT2D eigenvalue weighted by molar-refractivity contribution is 5.79. The lowest BCUT2D eigenvalue weighted by Crippen LogP contribution is -2.41. The van der Waals surface area contributed by atoms with Gasteiger partial charge in [-0.2, -0.15) is 0 Å². The molecule has 1 amide bonds. The number of rotatable bonds is 4. The van der Waals surface area contributed by atoms with E-state index in [9.17, 15) is 13.6 Å². The van der Waals surface area contributed by atoms with Crippen molar-refractivity contribution in [2.75, 3.05) is 6.54 Å². The molecule has 1 saturated carbocycles. The van der Waals surface area contributed by atoms with Crippen molar-refractivity contribution < 1.29 is 18.7 Å². The molecule has 0 spiro atoms. The van der Waals surface area contributed by atoms with Crippen molar-refractivity contribution >= 4 is 5.91 Å². The van der Waals surface area contributed by atoms with E-state index in [0.29, 0.717) is 0 Å². The summed E-state index contributed by atoms with van der Waals surface area (Å²) in [6.45, 7) is 3.64. The summed E-state index contributed by atoms with van der Waals surface area (Å²) in [6.07, 6.45) is -1.82. The molecule has 0 heterocycles. The Labute approximate surface area is 94.2 Å². The zero-order valence-corrected chi connectivity index (χ0v) is 9.67. The van der Waals surface area contributed by atoms with E-state index in [4.69, 9.17) is 5.11 Å². The Morgan fingerprint density at radius 3 is 2.62 bits per heavy atom. The second-order valence-electron chi connectivity index (χ2n) is 5.08. The Balaban J connectivity index is 2.41. The van der Waals surface area contributed by atoms with E-state index in [2.05, 4.69) is 5.32 Å². The minimum Gasteiger partial charge on any atom is -0.385 e. The van der Waals surface area contributed by atoms with Crippen LogP contribution in [0, 0.1) is 11.3 Å². The molecule has 16 heavy (non-hydrogen) atoms. The van der Waals surface area contributed by atoms with Crippen LogP contribution in [-0.4, -0.2) is 30.1 Å². The summed E-state index contributed by atoms with van der Waals surface area (Å²) in [4.78, 5) is 11.7. The maximum absolute atomic E-state index is 12.0. The van der Waals surface area contributed by atoms with E-state index in [1.165, 1.54) is 0 Å². The first-order chi connectivity index (χ1) is 7.34. The van der Waals surface area contributed by atoms with E-state index in [0.717, 1.165) is 19.3 Å². The van der Waals surface area contributed by atoms with E-state index in [-0.39, 0.29) is 23.8 Å². The van der Waals surface area contributed by atoms with Crippen LogP contribution in [0.25, 0.3) is 0 Å². The zero-order valence-electron chi connectivity index (χ0n) is 9.67. The molecule has 0 aromatic heterocycles. The van der Waals surface area contributed by atoms with Crippen LogP contribution in [0.4, 0.5) is 8.78 Å². The van der Waals surface area contributed by atoms with Crippen LogP contribution in [0.2, 0.25) is 0 Å². The number of nitrogens with one attached hydrogen (secondary N) is 1. The van der Waals surface area contributed by atoms with Gasteiger partial charge in [-0.3, -0.25) is 4.79 Å². The molecule has 2 N–H and O–H groups in total. The maximum atomic E-state index is 12.0. The highest BCUT2D eigenvalue weighted by atomic mass is 19.3. The molecular formula is C11H19F2NO2. The number of aliphatic hydroxyl groups is 1. The summed E-state index contributed by atoms with van der Waals surface area (Å²) in [6, 6.07) is 0. The van der Waals surface area contributed by atoms with Crippen molar-refractivity contribution in [3.8, 4) is 0 Å². The molecule has 0 aromatic carbocycles. The van der Waals surface area contributed by atoms with Crippen LogP contribution in [0.1, 0.15) is 33.1 Å². The van der Waals surface area contributed by atoms with Gasteiger partial charge in [-0.05, 0) is 18.3 Å². The first-order valence-electron chi connectivity index (χ1n) is 5.58. The monoisotopic (exact) mass is 235 g/mol. The van der Waals surface area contributed by atoms with Gasteiger partial charge in [0.25, 0.3) is 6.43 Å². The third kappa shape index (κ3) is 3.14. The number of carbonyl (C=O) groups is 1. The van der Waals surface area contributed by atoms with Crippen molar-refractivity contribution in [1.82, 2.24) is 5.32 Å². The van der Waals surface area contributed by atoms with Gasteiger partial charge in [0, 0.05) is 12.5 Å². The fourth-order valence-electron chi connectivity index (χ4n) is 2.23. The van der Waals surface area contributed by atoms with E-state index in [1.54, 1.807) is 0 Å². The van der Waals surface area contributed by atoms with Crippen LogP contribution >= 0.6 is 0 Å². The second kappa shape index (κ2) is 5.08. The van der Waals surface area contributed by atoms with E-state index < -0.39 is 12.5 Å². The Kier molecular flexibility index (Phi) is 4.24. The third-order valence-corrected chi connectivity index (χ3v) is 3.35. The molecule has 3 nitrogen and oxygen atoms in total. The number of carbonyl (C=O) groups excluding carboxylic acids is 1. The van der Waals surface area contributed by atoms with Crippen LogP contribution < -0.4 is 5.32 Å². The van der Waals surface area contributed by atoms with Gasteiger partial charge in [0.1, 0.15) is 6.10 Å². The van der Waals surface area contributed by atoms with Crippen molar-refractivity contribution in [2.45, 2.75) is 45.6 Å². The molecular weight excluding hydrogens is 216 g/mol. The second-order valence-corrected chi connectivity index (χ2v) is 5.08. The Morgan fingerprint density at radius 2 is 2.19 bits per heavy atom. The highest BCUT2D eigenvalue weighted by Gasteiger charge is 2.39. The van der Waals surface area contributed by atoms with Gasteiger partial charge in [-0.15, -0.1) is 0 Å². The maximum Gasteiger partial charge on any atom is 0.265 e. The number of amides is 1. The third-order valence-electron chi connectivity index (χ3n) is 3.35. The van der Waals surface area contributed by atoms with Crippen LogP contribution in [0.5, 0.6) is 0 Å². The molecule has 0 bridgehead atoms. The molecule has 0 aliphatic heterocycles. The summed E-state index contributed by atoms with van der Waals surface area (Å²) in [5, 5.41) is 11.3.